The first kappa shape index (κ1) is 18.8. The van der Waals surface area contributed by atoms with Gasteiger partial charge in [-0.1, -0.05) is 29.8 Å². The molecule has 0 spiro atoms. The molecule has 4 heteroatoms. The van der Waals surface area contributed by atoms with E-state index in [4.69, 9.17) is 4.74 Å². The van der Waals surface area contributed by atoms with Crippen molar-refractivity contribution < 1.29 is 9.53 Å². The molecule has 0 radical (unpaired) electrons. The molecule has 0 bridgehead atoms. The number of hydrogen-bond acceptors (Lipinski definition) is 3. The Morgan fingerprint density at radius 1 is 1.17 bits per heavy atom. The van der Waals surface area contributed by atoms with Crippen molar-refractivity contribution in [3.8, 4) is 0 Å². The Morgan fingerprint density at radius 2 is 1.79 bits per heavy atom. The highest BCUT2D eigenvalue weighted by Gasteiger charge is 2.26. The van der Waals surface area contributed by atoms with Crippen molar-refractivity contribution in [1.82, 2.24) is 10.6 Å². The van der Waals surface area contributed by atoms with Crippen LogP contribution in [0.15, 0.2) is 24.3 Å². The van der Waals surface area contributed by atoms with Gasteiger partial charge >= 0.3 is 6.09 Å². The van der Waals surface area contributed by atoms with E-state index in [2.05, 4.69) is 48.7 Å². The van der Waals surface area contributed by atoms with Gasteiger partial charge in [0.2, 0.25) is 0 Å². The minimum atomic E-state index is -0.448. The van der Waals surface area contributed by atoms with Gasteiger partial charge in [0, 0.05) is 18.1 Å². The third kappa shape index (κ3) is 6.16. The SMILES string of the molecule is Cc1ccc(C(C)NC2CCCC(NC(=O)OC(C)(C)C)C2)cc1. The monoisotopic (exact) mass is 332 g/mol. The predicted molar refractivity (Wildman–Crippen MR) is 98.1 cm³/mol. The highest BCUT2D eigenvalue weighted by molar-refractivity contribution is 5.68. The van der Waals surface area contributed by atoms with Gasteiger partial charge in [-0.3, -0.25) is 0 Å². The smallest absolute Gasteiger partial charge is 0.407 e. The first-order valence-electron chi connectivity index (χ1n) is 9.05. The fraction of sp³-hybridized carbons (Fsp3) is 0.650. The summed E-state index contributed by atoms with van der Waals surface area (Å²) in [5.41, 5.74) is 2.14. The third-order valence-electron chi connectivity index (χ3n) is 4.46. The van der Waals surface area contributed by atoms with E-state index in [1.165, 1.54) is 11.1 Å². The number of nitrogens with one attached hydrogen (secondary N) is 2. The van der Waals surface area contributed by atoms with Gasteiger partial charge in [-0.05, 0) is 65.9 Å². The van der Waals surface area contributed by atoms with Crippen molar-refractivity contribution >= 4 is 6.09 Å². The van der Waals surface area contributed by atoms with Crippen LogP contribution in [0.4, 0.5) is 4.79 Å². The van der Waals surface area contributed by atoms with E-state index in [1.807, 2.05) is 20.8 Å². The van der Waals surface area contributed by atoms with Crippen molar-refractivity contribution in [2.75, 3.05) is 0 Å². The number of ether oxygens (including phenoxy) is 1. The molecular weight excluding hydrogens is 300 g/mol. The van der Waals surface area contributed by atoms with Gasteiger partial charge in [0.05, 0.1) is 0 Å². The largest absolute Gasteiger partial charge is 0.444 e. The first-order chi connectivity index (χ1) is 11.2. The van der Waals surface area contributed by atoms with Crippen LogP contribution in [-0.2, 0) is 4.74 Å². The standard InChI is InChI=1S/C20H32N2O2/c1-14-9-11-16(12-10-14)15(2)21-17-7-6-8-18(13-17)22-19(23)24-20(3,4)5/h9-12,15,17-18,21H,6-8,13H2,1-5H3,(H,22,23). The number of alkyl carbamates (subject to hydrolysis) is 1. The summed E-state index contributed by atoms with van der Waals surface area (Å²) >= 11 is 0. The fourth-order valence-electron chi connectivity index (χ4n) is 3.25. The third-order valence-corrected chi connectivity index (χ3v) is 4.46. The topological polar surface area (TPSA) is 50.4 Å². The molecule has 2 rings (SSSR count). The lowest BCUT2D eigenvalue weighted by molar-refractivity contribution is 0.0488. The molecule has 0 aromatic heterocycles. The van der Waals surface area contributed by atoms with Crippen molar-refractivity contribution in [3.05, 3.63) is 35.4 Å². The molecule has 1 amide bonds. The molecule has 24 heavy (non-hydrogen) atoms. The van der Waals surface area contributed by atoms with Crippen LogP contribution in [0.5, 0.6) is 0 Å². The van der Waals surface area contributed by atoms with Crippen molar-refractivity contribution in [3.63, 3.8) is 0 Å². The number of rotatable bonds is 4. The predicted octanol–water partition coefficient (Wildman–Crippen LogP) is 4.48. The highest BCUT2D eigenvalue weighted by Crippen LogP contribution is 2.23. The number of aryl methyl sites for hydroxylation is 1. The average molecular weight is 332 g/mol. The number of amides is 1. The molecule has 2 N–H and O–H groups in total. The summed E-state index contributed by atoms with van der Waals surface area (Å²) in [6, 6.07) is 9.61. The minimum absolute atomic E-state index is 0.191. The Hall–Kier alpha value is -1.55. The van der Waals surface area contributed by atoms with E-state index >= 15 is 0 Å². The van der Waals surface area contributed by atoms with E-state index in [0.717, 1.165) is 25.7 Å². The maximum Gasteiger partial charge on any atom is 0.407 e. The lowest BCUT2D eigenvalue weighted by atomic mass is 9.90. The number of carbonyl (C=O) groups excluding carboxylic acids is 1. The van der Waals surface area contributed by atoms with E-state index in [1.54, 1.807) is 0 Å². The van der Waals surface area contributed by atoms with E-state index in [9.17, 15) is 4.79 Å². The molecule has 1 aromatic rings. The molecule has 3 atom stereocenters. The quantitative estimate of drug-likeness (QED) is 0.854. The summed E-state index contributed by atoms with van der Waals surface area (Å²) in [5.74, 6) is 0. The molecule has 1 aromatic carbocycles. The Labute approximate surface area is 146 Å². The van der Waals surface area contributed by atoms with Crippen LogP contribution in [-0.4, -0.2) is 23.8 Å². The van der Waals surface area contributed by atoms with Crippen molar-refractivity contribution in [2.45, 2.75) is 84.0 Å². The molecular formula is C20H32N2O2. The zero-order chi connectivity index (χ0) is 17.7. The van der Waals surface area contributed by atoms with E-state index in [-0.39, 0.29) is 12.1 Å². The zero-order valence-electron chi connectivity index (χ0n) is 15.7. The molecule has 3 unspecified atom stereocenters. The van der Waals surface area contributed by atoms with Gasteiger partial charge in [0.25, 0.3) is 0 Å². The maximum atomic E-state index is 12.0. The highest BCUT2D eigenvalue weighted by atomic mass is 16.6. The van der Waals surface area contributed by atoms with Crippen LogP contribution in [0.25, 0.3) is 0 Å². The van der Waals surface area contributed by atoms with Gasteiger partial charge in [-0.25, -0.2) is 4.79 Å². The molecule has 1 saturated carbocycles. The number of carbonyl (C=O) groups is 1. The van der Waals surface area contributed by atoms with Crippen LogP contribution in [0.2, 0.25) is 0 Å². The average Bonchev–Trinajstić information content (AvgIpc) is 2.46. The molecule has 1 aliphatic rings. The summed E-state index contributed by atoms with van der Waals surface area (Å²) in [6.07, 6.45) is 3.95. The molecule has 0 saturated heterocycles. The fourth-order valence-corrected chi connectivity index (χ4v) is 3.25. The molecule has 0 aliphatic heterocycles. The van der Waals surface area contributed by atoms with Crippen LogP contribution in [0.1, 0.15) is 70.5 Å². The second-order valence-corrected chi connectivity index (χ2v) is 8.01. The van der Waals surface area contributed by atoms with Crippen LogP contribution in [0.3, 0.4) is 0 Å². The van der Waals surface area contributed by atoms with Gasteiger partial charge in [0.15, 0.2) is 0 Å². The molecule has 4 nitrogen and oxygen atoms in total. The maximum absolute atomic E-state index is 12.0. The Bertz CT molecular complexity index is 534. The first-order valence-corrected chi connectivity index (χ1v) is 9.05. The zero-order valence-corrected chi connectivity index (χ0v) is 15.7. The van der Waals surface area contributed by atoms with Gasteiger partial charge < -0.3 is 15.4 Å². The summed E-state index contributed by atoms with van der Waals surface area (Å²) in [6.45, 7) is 9.98. The van der Waals surface area contributed by atoms with Crippen molar-refractivity contribution in [1.29, 1.82) is 0 Å². The summed E-state index contributed by atoms with van der Waals surface area (Å²) < 4.78 is 5.37. The van der Waals surface area contributed by atoms with E-state index < -0.39 is 5.60 Å². The second kappa shape index (κ2) is 8.02. The number of benzene rings is 1. The Morgan fingerprint density at radius 3 is 2.42 bits per heavy atom. The van der Waals surface area contributed by atoms with Crippen LogP contribution >= 0.6 is 0 Å². The molecule has 1 fully saturated rings. The normalized spacial score (nSPS) is 22.7. The number of hydrogen-bond donors (Lipinski definition) is 2. The lowest BCUT2D eigenvalue weighted by Gasteiger charge is -2.33. The molecule has 134 valence electrons. The van der Waals surface area contributed by atoms with Gasteiger partial charge in [0.1, 0.15) is 5.60 Å². The Kier molecular flexibility index (Phi) is 6.27. The summed E-state index contributed by atoms with van der Waals surface area (Å²) in [7, 11) is 0. The van der Waals surface area contributed by atoms with Crippen LogP contribution < -0.4 is 10.6 Å². The van der Waals surface area contributed by atoms with Crippen LogP contribution in [0, 0.1) is 6.92 Å². The van der Waals surface area contributed by atoms with Crippen molar-refractivity contribution in [2.24, 2.45) is 0 Å². The van der Waals surface area contributed by atoms with Gasteiger partial charge in [-0.2, -0.15) is 0 Å². The molecule has 1 aliphatic carbocycles. The molecule has 0 heterocycles. The summed E-state index contributed by atoms with van der Waals surface area (Å²) in [5, 5.41) is 6.74. The van der Waals surface area contributed by atoms with Gasteiger partial charge in [-0.15, -0.1) is 0 Å². The summed E-state index contributed by atoms with van der Waals surface area (Å²) in [4.78, 5) is 12.0. The second-order valence-electron chi connectivity index (χ2n) is 8.01. The minimum Gasteiger partial charge on any atom is -0.444 e. The Balaban J connectivity index is 1.84. The lowest BCUT2D eigenvalue weighted by Crippen LogP contribution is -2.46. The van der Waals surface area contributed by atoms with E-state index in [0.29, 0.717) is 12.1 Å².